The Morgan fingerprint density at radius 2 is 1.59 bits per heavy atom. The van der Waals surface area contributed by atoms with E-state index in [9.17, 15) is 19.4 Å². The number of phenols is 2. The molecule has 1 amide bonds. The summed E-state index contributed by atoms with van der Waals surface area (Å²) in [6, 6.07) is 21.8. The van der Waals surface area contributed by atoms with Gasteiger partial charge in [0.2, 0.25) is 0 Å². The Balaban J connectivity index is 1.25. The van der Waals surface area contributed by atoms with Crippen LogP contribution in [0.4, 0.5) is 21.5 Å². The molecule has 0 aliphatic heterocycles. The molecule has 4 aromatic carbocycles. The maximum absolute atomic E-state index is 13.4. The summed E-state index contributed by atoms with van der Waals surface area (Å²) < 4.78 is 15.8. The number of anilines is 3. The third-order valence-corrected chi connectivity index (χ3v) is 9.57. The zero-order valence-electron chi connectivity index (χ0n) is 29.3. The number of hydrogen-bond donors (Lipinski definition) is 4. The fourth-order valence-corrected chi connectivity index (χ4v) is 6.43. The molecule has 4 N–H and O–H groups in total. The van der Waals surface area contributed by atoms with Crippen molar-refractivity contribution in [3.8, 4) is 22.6 Å². The minimum Gasteiger partial charge on any atom is -0.507 e. The molecule has 0 bridgehead atoms. The van der Waals surface area contributed by atoms with Gasteiger partial charge in [0.25, 0.3) is 5.91 Å². The number of halogens is 1. The molecule has 5 aromatic rings. The Labute approximate surface area is 289 Å². The Morgan fingerprint density at radius 3 is 2.29 bits per heavy atom. The van der Waals surface area contributed by atoms with Gasteiger partial charge in [0, 0.05) is 57.9 Å². The lowest BCUT2D eigenvalue weighted by molar-refractivity contribution is 0.102. The molecule has 0 aliphatic carbocycles. The lowest BCUT2D eigenvalue weighted by Crippen LogP contribution is -2.28. The zero-order chi connectivity index (χ0) is 35.1. The molecule has 0 fully saturated rings. The van der Waals surface area contributed by atoms with Gasteiger partial charge in [-0.15, -0.1) is 0 Å². The topological polar surface area (TPSA) is 89.8 Å². The van der Waals surface area contributed by atoms with Crippen molar-refractivity contribution in [3.05, 3.63) is 102 Å². The normalized spacial score (nSPS) is 12.1. The van der Waals surface area contributed by atoms with Gasteiger partial charge in [0.15, 0.2) is 0 Å². The van der Waals surface area contributed by atoms with E-state index in [1.807, 2.05) is 6.07 Å². The van der Waals surface area contributed by atoms with E-state index < -0.39 is 11.7 Å². The fraction of sp³-hybridized carbons (Fsp3) is 0.341. The number of aryl methyl sites for hydroxylation is 2. The van der Waals surface area contributed by atoms with Crippen LogP contribution >= 0.6 is 0 Å². The van der Waals surface area contributed by atoms with Crippen molar-refractivity contribution in [2.75, 3.05) is 30.3 Å². The predicted molar refractivity (Wildman–Crippen MR) is 200 cm³/mol. The van der Waals surface area contributed by atoms with E-state index in [0.717, 1.165) is 43.3 Å². The molecule has 0 saturated carbocycles. The van der Waals surface area contributed by atoms with Crippen LogP contribution < -0.4 is 10.6 Å². The van der Waals surface area contributed by atoms with Gasteiger partial charge in [-0.3, -0.25) is 4.79 Å². The summed E-state index contributed by atoms with van der Waals surface area (Å²) in [6.07, 6.45) is 4.78. The molecule has 49 heavy (non-hydrogen) atoms. The lowest BCUT2D eigenvalue weighted by Gasteiger charge is -2.23. The fourth-order valence-electron chi connectivity index (χ4n) is 6.43. The number of rotatable bonds is 15. The van der Waals surface area contributed by atoms with Gasteiger partial charge in [-0.05, 0) is 118 Å². The lowest BCUT2D eigenvalue weighted by atomic mass is 10.0. The number of carbonyl (C=O) groups is 1. The van der Waals surface area contributed by atoms with Gasteiger partial charge in [0.05, 0.1) is 5.56 Å². The summed E-state index contributed by atoms with van der Waals surface area (Å²) in [7, 11) is 0. The smallest absolute Gasteiger partial charge is 0.255 e. The zero-order valence-corrected chi connectivity index (χ0v) is 29.3. The van der Waals surface area contributed by atoms with Crippen molar-refractivity contribution < 1.29 is 19.4 Å². The van der Waals surface area contributed by atoms with Crippen LogP contribution in [0.15, 0.2) is 78.9 Å². The number of nitrogens with zero attached hydrogens (tertiary/aromatic N) is 2. The van der Waals surface area contributed by atoms with E-state index in [0.29, 0.717) is 11.1 Å². The van der Waals surface area contributed by atoms with Gasteiger partial charge in [-0.2, -0.15) is 0 Å². The Bertz CT molecular complexity index is 1880. The number of amides is 1. The highest BCUT2D eigenvalue weighted by molar-refractivity contribution is 6.05. The molecule has 1 heterocycles. The van der Waals surface area contributed by atoms with E-state index in [1.54, 1.807) is 18.2 Å². The number of hydrogen-bond acceptors (Lipinski definition) is 5. The van der Waals surface area contributed by atoms with E-state index in [2.05, 4.69) is 72.9 Å². The van der Waals surface area contributed by atoms with Gasteiger partial charge in [0.1, 0.15) is 17.3 Å². The highest BCUT2D eigenvalue weighted by Crippen LogP contribution is 2.40. The van der Waals surface area contributed by atoms with Crippen LogP contribution in [0.2, 0.25) is 0 Å². The van der Waals surface area contributed by atoms with Crippen LogP contribution in [0.25, 0.3) is 22.0 Å². The molecule has 1 unspecified atom stereocenters. The molecule has 258 valence electrons. The first-order valence-corrected chi connectivity index (χ1v) is 17.4. The number of carbonyl (C=O) groups excluding carboxylic acids is 1. The minimum absolute atomic E-state index is 0.160. The molecule has 7 nitrogen and oxygen atoms in total. The maximum atomic E-state index is 13.4. The third-order valence-electron chi connectivity index (χ3n) is 9.57. The summed E-state index contributed by atoms with van der Waals surface area (Å²) in [6.45, 7) is 15.7. The molecule has 0 aliphatic rings. The number of aromatic nitrogens is 1. The first-order valence-electron chi connectivity index (χ1n) is 17.4. The Kier molecular flexibility index (Phi) is 11.6. The first-order chi connectivity index (χ1) is 23.6. The van der Waals surface area contributed by atoms with Crippen molar-refractivity contribution in [1.29, 1.82) is 0 Å². The second-order valence-electron chi connectivity index (χ2n) is 13.1. The second kappa shape index (κ2) is 16.1. The summed E-state index contributed by atoms with van der Waals surface area (Å²) in [5, 5.41) is 28.6. The molecular formula is C41H49FN4O3. The van der Waals surface area contributed by atoms with Crippen LogP contribution in [0.3, 0.4) is 0 Å². The van der Waals surface area contributed by atoms with Gasteiger partial charge >= 0.3 is 0 Å². The maximum Gasteiger partial charge on any atom is 0.255 e. The van der Waals surface area contributed by atoms with Crippen molar-refractivity contribution in [3.63, 3.8) is 0 Å². The third kappa shape index (κ3) is 8.62. The van der Waals surface area contributed by atoms with Crippen LogP contribution in [0, 0.1) is 25.6 Å². The van der Waals surface area contributed by atoms with E-state index >= 15 is 0 Å². The molecule has 0 spiro atoms. The summed E-state index contributed by atoms with van der Waals surface area (Å²) in [4.78, 5) is 15.8. The van der Waals surface area contributed by atoms with Crippen LogP contribution in [0.1, 0.15) is 68.1 Å². The number of nitrogens with one attached hydrogen (secondary N) is 2. The average Bonchev–Trinajstić information content (AvgIpc) is 3.31. The average molecular weight is 665 g/mol. The Morgan fingerprint density at radius 1 is 0.878 bits per heavy atom. The second-order valence-corrected chi connectivity index (χ2v) is 13.1. The highest BCUT2D eigenvalue weighted by Gasteiger charge is 2.16. The molecular weight excluding hydrogens is 615 g/mol. The summed E-state index contributed by atoms with van der Waals surface area (Å²) in [5.74, 6) is -0.514. The van der Waals surface area contributed by atoms with E-state index in [4.69, 9.17) is 0 Å². The molecule has 1 aromatic heterocycles. The summed E-state index contributed by atoms with van der Waals surface area (Å²) >= 11 is 0. The van der Waals surface area contributed by atoms with Crippen LogP contribution in [0.5, 0.6) is 11.5 Å². The number of phenolic OH excluding ortho intramolecular Hbond substituents is 2. The number of fused-ring (bicyclic) bond motifs is 1. The van der Waals surface area contributed by atoms with Gasteiger partial charge in [-0.1, -0.05) is 45.4 Å². The van der Waals surface area contributed by atoms with Crippen molar-refractivity contribution in [2.45, 2.75) is 66.8 Å². The van der Waals surface area contributed by atoms with E-state index in [1.165, 1.54) is 84.4 Å². The quantitative estimate of drug-likeness (QED) is 0.0895. The number of aromatic hydroxyl groups is 2. The number of benzene rings is 4. The van der Waals surface area contributed by atoms with Crippen LogP contribution in [-0.2, 0) is 6.54 Å². The SMILES string of the molecule is CCCN(CCCn1c(C)c(C)c2cc(Nc3cccc(C(=O)Nc4cc(O)c(-c5ccc(F)cc5)c(O)c4)c3)ccc21)CCC(C)CC. The molecule has 0 saturated heterocycles. The standard InChI is InChI=1S/C41H49FN4O3/c1-6-19-45(22-18-27(3)7-2)20-9-21-46-29(5)28(4)36-24-34(16-17-37(36)46)43-33-11-8-10-31(23-33)41(49)44-35-25-38(47)40(39(48)26-35)30-12-14-32(42)15-13-30/h8,10-17,23-27,43,47-48H,6-7,9,18-22H2,1-5H3,(H,44,49). The van der Waals surface area contributed by atoms with Crippen molar-refractivity contribution >= 4 is 33.9 Å². The largest absolute Gasteiger partial charge is 0.507 e. The van der Waals surface area contributed by atoms with Crippen molar-refractivity contribution in [2.24, 2.45) is 5.92 Å². The van der Waals surface area contributed by atoms with Crippen molar-refractivity contribution in [1.82, 2.24) is 9.47 Å². The molecule has 0 radical (unpaired) electrons. The molecule has 8 heteroatoms. The van der Waals surface area contributed by atoms with Crippen LogP contribution in [-0.4, -0.2) is 45.2 Å². The monoisotopic (exact) mass is 664 g/mol. The van der Waals surface area contributed by atoms with Gasteiger partial charge < -0.3 is 30.3 Å². The van der Waals surface area contributed by atoms with Gasteiger partial charge in [-0.25, -0.2) is 4.39 Å². The highest BCUT2D eigenvalue weighted by atomic mass is 19.1. The molecule has 1 atom stereocenters. The van der Waals surface area contributed by atoms with E-state index in [-0.39, 0.29) is 22.7 Å². The Hall–Kier alpha value is -4.82. The molecule has 5 rings (SSSR count). The first kappa shape index (κ1) is 35.5. The minimum atomic E-state index is -0.420. The predicted octanol–water partition coefficient (Wildman–Crippen LogP) is 10.0. The summed E-state index contributed by atoms with van der Waals surface area (Å²) in [5.41, 5.74) is 6.72.